The van der Waals surface area contributed by atoms with Gasteiger partial charge in [-0.15, -0.1) is 0 Å². The van der Waals surface area contributed by atoms with E-state index in [1.165, 1.54) is 7.11 Å². The average Bonchev–Trinajstić information content (AvgIpc) is 2.95. The number of methoxy groups -OCH3 is 1. The summed E-state index contributed by atoms with van der Waals surface area (Å²) in [6, 6.07) is 16.3. The summed E-state index contributed by atoms with van der Waals surface area (Å²) in [5.41, 5.74) is 3.18. The number of ether oxygens (including phenoxy) is 3. The molecule has 40 heavy (non-hydrogen) atoms. The van der Waals surface area contributed by atoms with Crippen LogP contribution in [0.1, 0.15) is 37.8 Å². The van der Waals surface area contributed by atoms with Crippen molar-refractivity contribution in [2.45, 2.75) is 26.7 Å². The average molecular weight is 565 g/mol. The van der Waals surface area contributed by atoms with Gasteiger partial charge in [-0.3, -0.25) is 0 Å². The van der Waals surface area contributed by atoms with E-state index in [0.29, 0.717) is 52.2 Å². The van der Waals surface area contributed by atoms with Crippen molar-refractivity contribution in [3.8, 4) is 6.07 Å². The lowest BCUT2D eigenvalue weighted by atomic mass is 9.80. The van der Waals surface area contributed by atoms with Gasteiger partial charge in [0.05, 0.1) is 60.9 Å². The van der Waals surface area contributed by atoms with Crippen molar-refractivity contribution < 1.29 is 23.8 Å². The van der Waals surface area contributed by atoms with Crippen LogP contribution in [0.3, 0.4) is 0 Å². The highest BCUT2D eigenvalue weighted by Gasteiger charge is 2.39. The number of hydrogen-bond donors (Lipinski definition) is 1. The second-order valence-corrected chi connectivity index (χ2v) is 9.39. The summed E-state index contributed by atoms with van der Waals surface area (Å²) in [6.45, 7) is 6.34. The number of hydrogen-bond acceptors (Lipinski definition) is 8. The number of benzene rings is 2. The van der Waals surface area contributed by atoms with Gasteiger partial charge in [0, 0.05) is 24.3 Å². The number of esters is 2. The Kier molecular flexibility index (Phi) is 10.9. The van der Waals surface area contributed by atoms with E-state index in [4.69, 9.17) is 25.8 Å². The maximum absolute atomic E-state index is 13.3. The van der Waals surface area contributed by atoms with Crippen molar-refractivity contribution in [3.63, 3.8) is 0 Å². The second-order valence-electron chi connectivity index (χ2n) is 8.98. The van der Waals surface area contributed by atoms with Crippen molar-refractivity contribution in [3.05, 3.63) is 87.2 Å². The third-order valence-electron chi connectivity index (χ3n) is 6.44. The topological polar surface area (TPSA) is 113 Å². The lowest BCUT2D eigenvalue weighted by Crippen LogP contribution is -2.35. The maximum Gasteiger partial charge on any atom is 0.336 e. The molecule has 9 nitrogen and oxygen atoms in total. The highest BCUT2D eigenvalue weighted by atomic mass is 35.5. The first kappa shape index (κ1) is 30.4. The van der Waals surface area contributed by atoms with Crippen LogP contribution in [-0.2, 0) is 23.8 Å². The fourth-order valence-corrected chi connectivity index (χ4v) is 4.57. The molecule has 1 atom stereocenters. The molecular weight excluding hydrogens is 532 g/mol. The number of carbonyl (C=O) groups excluding carboxylic acids is 2. The number of nitrogens with one attached hydrogen (secondary N) is 1. The molecule has 210 valence electrons. The third kappa shape index (κ3) is 7.08. The van der Waals surface area contributed by atoms with Crippen LogP contribution >= 0.6 is 11.6 Å². The van der Waals surface area contributed by atoms with Gasteiger partial charge in [0.1, 0.15) is 11.9 Å². The molecule has 1 heterocycles. The van der Waals surface area contributed by atoms with Crippen molar-refractivity contribution in [1.82, 2.24) is 10.2 Å². The van der Waals surface area contributed by atoms with Gasteiger partial charge in [-0.05, 0) is 44.5 Å². The third-order valence-corrected chi connectivity index (χ3v) is 6.78. The highest BCUT2D eigenvalue weighted by molar-refractivity contribution is 6.31. The highest BCUT2D eigenvalue weighted by Crippen LogP contribution is 2.41. The first-order valence-electron chi connectivity index (χ1n) is 12.8. The summed E-state index contributed by atoms with van der Waals surface area (Å²) in [5, 5.41) is 12.9. The standard InChI is InChI=1S/C30H33ClN4O5/c1-6-40-30(37)28-25(18-39-16-15-35(4)20(3)34-24-14-10-7-11-21(24)17-32)33-19(2)26(29(36)38-5)27(28)22-12-8-9-13-23(22)31/h7-14,27,33H,6,15-16,18H2,1-5H3. The van der Waals surface area contributed by atoms with E-state index in [9.17, 15) is 14.9 Å². The number of halogens is 1. The molecule has 1 aliphatic heterocycles. The number of carbonyl (C=O) groups is 2. The minimum Gasteiger partial charge on any atom is -0.466 e. The van der Waals surface area contributed by atoms with Crippen molar-refractivity contribution >= 4 is 35.1 Å². The number of para-hydroxylation sites is 1. The van der Waals surface area contributed by atoms with Crippen LogP contribution in [0.2, 0.25) is 5.02 Å². The molecule has 0 bridgehead atoms. The van der Waals surface area contributed by atoms with E-state index in [2.05, 4.69) is 16.4 Å². The smallest absolute Gasteiger partial charge is 0.336 e. The van der Waals surface area contributed by atoms with E-state index >= 15 is 0 Å². The number of allylic oxidation sites excluding steroid dienone is 1. The lowest BCUT2D eigenvalue weighted by Gasteiger charge is -2.31. The number of aliphatic imine (C=N–C) groups is 1. The minimum atomic E-state index is -0.808. The summed E-state index contributed by atoms with van der Waals surface area (Å²) < 4.78 is 16.4. The van der Waals surface area contributed by atoms with Crippen LogP contribution in [0.25, 0.3) is 0 Å². The number of dihydropyridines is 1. The molecule has 0 spiro atoms. The predicted octanol–water partition coefficient (Wildman–Crippen LogP) is 4.86. The number of likely N-dealkylation sites (N-methyl/N-ethyl adjacent to an activating group) is 1. The van der Waals surface area contributed by atoms with E-state index in [1.54, 1.807) is 56.3 Å². The molecule has 0 aromatic heterocycles. The predicted molar refractivity (Wildman–Crippen MR) is 153 cm³/mol. The van der Waals surface area contributed by atoms with Gasteiger partial charge < -0.3 is 24.4 Å². The Labute approximate surface area is 239 Å². The zero-order chi connectivity index (χ0) is 29.2. The Balaban J connectivity index is 1.85. The molecule has 2 aromatic carbocycles. The summed E-state index contributed by atoms with van der Waals surface area (Å²) >= 11 is 6.55. The van der Waals surface area contributed by atoms with Crippen molar-refractivity contribution in [2.24, 2.45) is 4.99 Å². The van der Waals surface area contributed by atoms with Gasteiger partial charge in [-0.1, -0.05) is 41.9 Å². The molecule has 1 unspecified atom stereocenters. The number of rotatable bonds is 10. The van der Waals surface area contributed by atoms with Gasteiger partial charge in [-0.25, -0.2) is 14.6 Å². The van der Waals surface area contributed by atoms with Crippen LogP contribution in [0.5, 0.6) is 0 Å². The maximum atomic E-state index is 13.3. The van der Waals surface area contributed by atoms with E-state index < -0.39 is 17.9 Å². The fraction of sp³-hybridized carbons (Fsp3) is 0.333. The van der Waals surface area contributed by atoms with Crippen LogP contribution < -0.4 is 5.32 Å². The molecule has 0 fully saturated rings. The molecule has 0 aliphatic carbocycles. The SMILES string of the molecule is CCOC(=O)C1=C(COCCN(C)C(C)=Nc2ccccc2C#N)NC(C)=C(C(=O)OC)C1c1ccccc1Cl. The van der Waals surface area contributed by atoms with Crippen LogP contribution in [0.4, 0.5) is 5.69 Å². The molecule has 2 aromatic rings. The van der Waals surface area contributed by atoms with Crippen LogP contribution in [0, 0.1) is 11.3 Å². The van der Waals surface area contributed by atoms with E-state index in [1.807, 2.05) is 24.9 Å². The second kappa shape index (κ2) is 14.3. The number of amidine groups is 1. The first-order chi connectivity index (χ1) is 19.2. The summed E-state index contributed by atoms with van der Waals surface area (Å²) in [4.78, 5) is 32.6. The molecule has 0 amide bonds. The zero-order valence-electron chi connectivity index (χ0n) is 23.3. The molecule has 10 heteroatoms. The van der Waals surface area contributed by atoms with Gasteiger partial charge in [-0.2, -0.15) is 5.26 Å². The van der Waals surface area contributed by atoms with Gasteiger partial charge >= 0.3 is 11.9 Å². The van der Waals surface area contributed by atoms with Crippen molar-refractivity contribution in [2.75, 3.05) is 40.5 Å². The van der Waals surface area contributed by atoms with Crippen LogP contribution in [-0.4, -0.2) is 63.2 Å². The normalized spacial score (nSPS) is 15.3. The monoisotopic (exact) mass is 564 g/mol. The molecule has 0 saturated carbocycles. The molecule has 1 aliphatic rings. The molecule has 1 N–H and O–H groups in total. The Bertz CT molecular complexity index is 1390. The minimum absolute atomic E-state index is 0.0577. The van der Waals surface area contributed by atoms with Crippen LogP contribution in [0.15, 0.2) is 76.1 Å². The fourth-order valence-electron chi connectivity index (χ4n) is 4.32. The molecule has 3 rings (SSSR count). The lowest BCUT2D eigenvalue weighted by molar-refractivity contribution is -0.139. The van der Waals surface area contributed by atoms with E-state index in [0.717, 1.165) is 0 Å². The van der Waals surface area contributed by atoms with E-state index in [-0.39, 0.29) is 24.4 Å². The van der Waals surface area contributed by atoms with Gasteiger partial charge in [0.15, 0.2) is 0 Å². The quantitative estimate of drug-likeness (QED) is 0.188. The van der Waals surface area contributed by atoms with Gasteiger partial charge in [0.25, 0.3) is 0 Å². The Morgan fingerprint density at radius 3 is 2.50 bits per heavy atom. The first-order valence-corrected chi connectivity index (χ1v) is 13.1. The summed E-state index contributed by atoms with van der Waals surface area (Å²) in [6.07, 6.45) is 0. The molecular formula is C30H33ClN4O5. The Morgan fingerprint density at radius 1 is 1.12 bits per heavy atom. The van der Waals surface area contributed by atoms with Crippen molar-refractivity contribution in [1.29, 1.82) is 5.26 Å². The number of nitrogens with zero attached hydrogens (tertiary/aromatic N) is 3. The number of nitriles is 1. The summed E-state index contributed by atoms with van der Waals surface area (Å²) in [5.74, 6) is -1.25. The Morgan fingerprint density at radius 2 is 1.82 bits per heavy atom. The molecule has 0 saturated heterocycles. The summed E-state index contributed by atoms with van der Waals surface area (Å²) in [7, 11) is 3.17. The zero-order valence-corrected chi connectivity index (χ0v) is 24.0. The molecule has 0 radical (unpaired) electrons. The largest absolute Gasteiger partial charge is 0.466 e. The van der Waals surface area contributed by atoms with Gasteiger partial charge in [0.2, 0.25) is 0 Å². The Hall–Kier alpha value is -4.13.